The van der Waals surface area contributed by atoms with Crippen molar-refractivity contribution < 1.29 is 4.79 Å². The summed E-state index contributed by atoms with van der Waals surface area (Å²) in [4.78, 5) is 32.1. The largest absolute Gasteiger partial charge is 0.356 e. The Bertz CT molecular complexity index is 775. The molecule has 27 heavy (non-hydrogen) atoms. The minimum Gasteiger partial charge on any atom is -0.356 e. The van der Waals surface area contributed by atoms with Gasteiger partial charge in [-0.05, 0) is 30.9 Å². The first kappa shape index (κ1) is 17.7. The summed E-state index contributed by atoms with van der Waals surface area (Å²) in [5.41, 5.74) is 0.648. The third kappa shape index (κ3) is 4.02. The monoisotopic (exact) mass is 366 g/mol. The lowest BCUT2D eigenvalue weighted by Gasteiger charge is -2.36. The van der Waals surface area contributed by atoms with E-state index in [1.807, 2.05) is 11.0 Å². The molecule has 2 aromatic heterocycles. The molecule has 2 fully saturated rings. The van der Waals surface area contributed by atoms with Gasteiger partial charge in [0.15, 0.2) is 0 Å². The second kappa shape index (κ2) is 7.90. The lowest BCUT2D eigenvalue weighted by molar-refractivity contribution is 0.0746. The average Bonchev–Trinajstić information content (AvgIpc) is 2.74. The second-order valence-electron chi connectivity index (χ2n) is 7.45. The van der Waals surface area contributed by atoms with Gasteiger partial charge in [0, 0.05) is 57.7 Å². The summed E-state index contributed by atoms with van der Waals surface area (Å²) in [6, 6.07) is 5.71. The van der Waals surface area contributed by atoms with Crippen molar-refractivity contribution in [3.63, 3.8) is 0 Å². The summed E-state index contributed by atoms with van der Waals surface area (Å²) in [6.45, 7) is 7.35. The molecule has 2 saturated heterocycles. The number of pyridine rings is 1. The second-order valence-corrected chi connectivity index (χ2v) is 7.45. The van der Waals surface area contributed by atoms with Crippen molar-refractivity contribution in [1.82, 2.24) is 19.9 Å². The number of nitrogens with zero attached hydrogens (tertiary/aromatic N) is 6. The van der Waals surface area contributed by atoms with Gasteiger partial charge >= 0.3 is 0 Å². The van der Waals surface area contributed by atoms with Crippen LogP contribution in [0.3, 0.4) is 0 Å². The molecule has 1 atom stereocenters. The number of anilines is 2. The van der Waals surface area contributed by atoms with Gasteiger partial charge < -0.3 is 14.7 Å². The Morgan fingerprint density at radius 3 is 2.56 bits per heavy atom. The molecule has 0 aliphatic carbocycles. The van der Waals surface area contributed by atoms with Crippen molar-refractivity contribution >= 4 is 17.5 Å². The minimum absolute atomic E-state index is 0.0495. The predicted molar refractivity (Wildman–Crippen MR) is 105 cm³/mol. The van der Waals surface area contributed by atoms with Crippen LogP contribution in [0.5, 0.6) is 0 Å². The Kier molecular flexibility index (Phi) is 5.18. The molecule has 0 saturated carbocycles. The van der Waals surface area contributed by atoms with Crippen molar-refractivity contribution in [2.45, 2.75) is 19.8 Å². The van der Waals surface area contributed by atoms with E-state index >= 15 is 0 Å². The molecule has 4 heterocycles. The summed E-state index contributed by atoms with van der Waals surface area (Å²) in [5, 5.41) is 0. The van der Waals surface area contributed by atoms with Gasteiger partial charge in [0.2, 0.25) is 0 Å². The van der Waals surface area contributed by atoms with Crippen molar-refractivity contribution in [2.24, 2.45) is 5.92 Å². The van der Waals surface area contributed by atoms with E-state index in [4.69, 9.17) is 0 Å². The number of hydrogen-bond acceptors (Lipinski definition) is 6. The van der Waals surface area contributed by atoms with E-state index in [1.165, 1.54) is 12.8 Å². The van der Waals surface area contributed by atoms with E-state index in [2.05, 4.69) is 37.7 Å². The fraction of sp³-hybridized carbons (Fsp3) is 0.500. The van der Waals surface area contributed by atoms with E-state index in [0.717, 1.165) is 37.8 Å². The minimum atomic E-state index is 0.0495. The highest BCUT2D eigenvalue weighted by molar-refractivity contribution is 5.94. The molecule has 1 amide bonds. The zero-order valence-electron chi connectivity index (χ0n) is 15.8. The van der Waals surface area contributed by atoms with Crippen LogP contribution in [0.25, 0.3) is 0 Å². The molecule has 0 bridgehead atoms. The molecule has 0 aromatic carbocycles. The molecule has 0 radical (unpaired) electrons. The Balaban J connectivity index is 1.40. The molecule has 2 aromatic rings. The summed E-state index contributed by atoms with van der Waals surface area (Å²) < 4.78 is 0. The van der Waals surface area contributed by atoms with Crippen LogP contribution in [0.1, 0.15) is 30.1 Å². The Morgan fingerprint density at radius 1 is 1.07 bits per heavy atom. The summed E-state index contributed by atoms with van der Waals surface area (Å²) in [5.74, 6) is 2.72. The van der Waals surface area contributed by atoms with Gasteiger partial charge in [-0.15, -0.1) is 0 Å². The number of carbonyl (C=O) groups excluding carboxylic acids is 1. The first-order valence-electron chi connectivity index (χ1n) is 9.72. The quantitative estimate of drug-likeness (QED) is 0.829. The van der Waals surface area contributed by atoms with Crippen LogP contribution in [0.4, 0.5) is 11.6 Å². The standard InChI is InChI=1S/C20H26N6O/c1-16-4-3-7-26(14-16)19-12-18(22-15-23-19)24-8-10-25(11-9-24)20(27)17-5-2-6-21-13-17/h2,5-6,12-13,15-16H,3-4,7-11,14H2,1H3. The molecule has 0 N–H and O–H groups in total. The van der Waals surface area contributed by atoms with Crippen LogP contribution in [0, 0.1) is 5.92 Å². The third-order valence-corrected chi connectivity index (χ3v) is 5.42. The lowest BCUT2D eigenvalue weighted by atomic mass is 10.0. The maximum atomic E-state index is 12.6. The van der Waals surface area contributed by atoms with E-state index in [0.29, 0.717) is 24.6 Å². The van der Waals surface area contributed by atoms with E-state index < -0.39 is 0 Å². The number of rotatable bonds is 3. The Labute approximate surface area is 160 Å². The van der Waals surface area contributed by atoms with Crippen molar-refractivity contribution in [3.8, 4) is 0 Å². The topological polar surface area (TPSA) is 65.5 Å². The average molecular weight is 366 g/mol. The molecular weight excluding hydrogens is 340 g/mol. The fourth-order valence-electron chi connectivity index (χ4n) is 3.89. The number of hydrogen-bond donors (Lipinski definition) is 0. The Hall–Kier alpha value is -2.70. The van der Waals surface area contributed by atoms with Crippen molar-refractivity contribution in [3.05, 3.63) is 42.5 Å². The fourth-order valence-corrected chi connectivity index (χ4v) is 3.89. The number of aromatic nitrogens is 3. The molecule has 142 valence electrons. The molecule has 4 rings (SSSR count). The first-order chi connectivity index (χ1) is 13.2. The van der Waals surface area contributed by atoms with Gasteiger partial charge in [-0.25, -0.2) is 9.97 Å². The van der Waals surface area contributed by atoms with Gasteiger partial charge in [-0.3, -0.25) is 9.78 Å². The van der Waals surface area contributed by atoms with Crippen LogP contribution in [0.15, 0.2) is 36.9 Å². The zero-order chi connectivity index (χ0) is 18.6. The maximum Gasteiger partial charge on any atom is 0.255 e. The lowest BCUT2D eigenvalue weighted by Crippen LogP contribution is -2.49. The predicted octanol–water partition coefficient (Wildman–Crippen LogP) is 2.07. The SMILES string of the molecule is CC1CCCN(c2cc(N3CCN(C(=O)c4cccnc4)CC3)ncn2)C1. The van der Waals surface area contributed by atoms with Crippen LogP contribution in [0.2, 0.25) is 0 Å². The smallest absolute Gasteiger partial charge is 0.255 e. The number of piperazine rings is 1. The van der Waals surface area contributed by atoms with E-state index in [-0.39, 0.29) is 5.91 Å². The van der Waals surface area contributed by atoms with E-state index in [9.17, 15) is 4.79 Å². The van der Waals surface area contributed by atoms with Crippen molar-refractivity contribution in [1.29, 1.82) is 0 Å². The van der Waals surface area contributed by atoms with Crippen LogP contribution in [-0.2, 0) is 0 Å². The number of carbonyl (C=O) groups is 1. The molecule has 0 spiro atoms. The Morgan fingerprint density at radius 2 is 1.85 bits per heavy atom. The van der Waals surface area contributed by atoms with Crippen LogP contribution in [-0.4, -0.2) is 65.0 Å². The highest BCUT2D eigenvalue weighted by Crippen LogP contribution is 2.24. The number of piperidine rings is 1. The normalized spacial score (nSPS) is 20.6. The van der Waals surface area contributed by atoms with Gasteiger partial charge in [0.1, 0.15) is 18.0 Å². The molecule has 7 nitrogen and oxygen atoms in total. The summed E-state index contributed by atoms with van der Waals surface area (Å²) in [7, 11) is 0. The number of amides is 1. The van der Waals surface area contributed by atoms with Gasteiger partial charge in [-0.2, -0.15) is 0 Å². The molecule has 1 unspecified atom stereocenters. The molecule has 7 heteroatoms. The maximum absolute atomic E-state index is 12.6. The summed E-state index contributed by atoms with van der Waals surface area (Å²) in [6.07, 6.45) is 7.49. The highest BCUT2D eigenvalue weighted by atomic mass is 16.2. The molecule has 2 aliphatic heterocycles. The highest BCUT2D eigenvalue weighted by Gasteiger charge is 2.24. The van der Waals surface area contributed by atoms with E-state index in [1.54, 1.807) is 24.8 Å². The van der Waals surface area contributed by atoms with Crippen molar-refractivity contribution in [2.75, 3.05) is 49.1 Å². The zero-order valence-corrected chi connectivity index (χ0v) is 15.8. The van der Waals surface area contributed by atoms with Gasteiger partial charge in [0.05, 0.1) is 5.56 Å². The van der Waals surface area contributed by atoms with Gasteiger partial charge in [0.25, 0.3) is 5.91 Å². The van der Waals surface area contributed by atoms with Crippen LogP contribution >= 0.6 is 0 Å². The molecule has 2 aliphatic rings. The summed E-state index contributed by atoms with van der Waals surface area (Å²) >= 11 is 0. The first-order valence-corrected chi connectivity index (χ1v) is 9.72. The van der Waals surface area contributed by atoms with Crippen LogP contribution < -0.4 is 9.80 Å². The van der Waals surface area contributed by atoms with Gasteiger partial charge in [-0.1, -0.05) is 6.92 Å². The molecular formula is C20H26N6O. The third-order valence-electron chi connectivity index (χ3n) is 5.42.